The first-order valence-electron chi connectivity index (χ1n) is 10.3. The molecule has 0 radical (unpaired) electrons. The fraction of sp³-hybridized carbons (Fsp3) is 0.524. The Bertz CT molecular complexity index is 975. The third-order valence-corrected chi connectivity index (χ3v) is 5.96. The molecule has 4 rings (SSSR count). The molecule has 0 saturated carbocycles. The van der Waals surface area contributed by atoms with Gasteiger partial charge in [0.15, 0.2) is 0 Å². The number of likely N-dealkylation sites (tertiary alicyclic amines) is 2. The Labute approximate surface area is 178 Å². The van der Waals surface area contributed by atoms with Crippen LogP contribution in [0.4, 0.5) is 13.2 Å². The van der Waals surface area contributed by atoms with Crippen LogP contribution in [0.5, 0.6) is 5.75 Å². The second-order valence-corrected chi connectivity index (χ2v) is 8.13. The van der Waals surface area contributed by atoms with Crippen molar-refractivity contribution in [1.29, 1.82) is 0 Å². The van der Waals surface area contributed by atoms with Gasteiger partial charge in [-0.1, -0.05) is 6.07 Å². The van der Waals surface area contributed by atoms with E-state index in [9.17, 15) is 23.1 Å². The van der Waals surface area contributed by atoms with Gasteiger partial charge in [0, 0.05) is 38.3 Å². The highest BCUT2D eigenvalue weighted by Crippen LogP contribution is 2.28. The third kappa shape index (κ3) is 4.54. The molecule has 1 aromatic heterocycles. The van der Waals surface area contributed by atoms with Gasteiger partial charge >= 0.3 is 6.36 Å². The van der Waals surface area contributed by atoms with E-state index < -0.39 is 6.36 Å². The van der Waals surface area contributed by atoms with Crippen molar-refractivity contribution in [3.63, 3.8) is 0 Å². The van der Waals surface area contributed by atoms with Gasteiger partial charge in [-0.05, 0) is 38.8 Å². The molecule has 0 bridgehead atoms. The van der Waals surface area contributed by atoms with Crippen LogP contribution in [-0.2, 0) is 0 Å². The predicted molar refractivity (Wildman–Crippen MR) is 106 cm³/mol. The largest absolute Gasteiger partial charge is 0.573 e. The Morgan fingerprint density at radius 3 is 2.65 bits per heavy atom. The number of amides is 1. The van der Waals surface area contributed by atoms with Gasteiger partial charge in [0.2, 0.25) is 0 Å². The van der Waals surface area contributed by atoms with E-state index in [2.05, 4.69) is 14.7 Å². The fourth-order valence-electron chi connectivity index (χ4n) is 4.50. The number of aliphatic hydroxyl groups excluding tert-OH is 1. The normalized spacial score (nSPS) is 22.3. The summed E-state index contributed by atoms with van der Waals surface area (Å²) in [5, 5.41) is 14.2. The molecule has 7 nitrogen and oxygen atoms in total. The molecule has 2 aliphatic rings. The van der Waals surface area contributed by atoms with Gasteiger partial charge in [0.1, 0.15) is 5.75 Å². The summed E-state index contributed by atoms with van der Waals surface area (Å²) in [5.41, 5.74) is 1.92. The Morgan fingerprint density at radius 2 is 1.97 bits per heavy atom. The van der Waals surface area contributed by atoms with Crippen molar-refractivity contribution < 1.29 is 27.8 Å². The number of carbonyl (C=O) groups is 1. The Balaban J connectivity index is 1.53. The smallest absolute Gasteiger partial charge is 0.406 e. The molecule has 1 amide bonds. The second-order valence-electron chi connectivity index (χ2n) is 8.13. The van der Waals surface area contributed by atoms with Crippen LogP contribution >= 0.6 is 0 Å². The SMILES string of the molecule is Cc1nn(-c2cccc(OC(F)(F)F)c2)c(C)c1C(=O)N1CC[C@H](N2CC[C@H](O)C2)C1. The summed E-state index contributed by atoms with van der Waals surface area (Å²) in [6.07, 6.45) is -3.48. The molecule has 2 saturated heterocycles. The third-order valence-electron chi connectivity index (χ3n) is 5.96. The number of halogens is 3. The zero-order valence-corrected chi connectivity index (χ0v) is 17.4. The number of aliphatic hydroxyl groups is 1. The van der Waals surface area contributed by atoms with Crippen molar-refractivity contribution in [2.45, 2.75) is 45.2 Å². The molecule has 31 heavy (non-hydrogen) atoms. The maximum absolute atomic E-state index is 13.2. The van der Waals surface area contributed by atoms with Crippen molar-refractivity contribution in [3.8, 4) is 11.4 Å². The van der Waals surface area contributed by atoms with Crippen LogP contribution in [-0.4, -0.2) is 75.3 Å². The molecule has 1 aromatic carbocycles. The molecular weight excluding hydrogens is 413 g/mol. The molecule has 2 fully saturated rings. The maximum Gasteiger partial charge on any atom is 0.573 e. The predicted octanol–water partition coefficient (Wildman–Crippen LogP) is 2.67. The summed E-state index contributed by atoms with van der Waals surface area (Å²) < 4.78 is 43.1. The summed E-state index contributed by atoms with van der Waals surface area (Å²) in [4.78, 5) is 17.3. The minimum Gasteiger partial charge on any atom is -0.406 e. The highest BCUT2D eigenvalue weighted by atomic mass is 19.4. The number of ether oxygens (including phenoxy) is 1. The Hall–Kier alpha value is -2.59. The number of β-amino-alcohol motifs (C(OH)–C–C–N with tert-alkyl or cyclic N) is 1. The van der Waals surface area contributed by atoms with E-state index in [0.29, 0.717) is 42.3 Å². The first-order valence-corrected chi connectivity index (χ1v) is 10.3. The van der Waals surface area contributed by atoms with E-state index >= 15 is 0 Å². The van der Waals surface area contributed by atoms with Crippen LogP contribution in [0.25, 0.3) is 5.69 Å². The number of rotatable bonds is 4. The van der Waals surface area contributed by atoms with E-state index in [4.69, 9.17) is 0 Å². The number of aryl methyl sites for hydroxylation is 1. The number of benzene rings is 1. The summed E-state index contributed by atoms with van der Waals surface area (Å²) in [5.74, 6) is -0.480. The summed E-state index contributed by atoms with van der Waals surface area (Å²) >= 11 is 0. The van der Waals surface area contributed by atoms with E-state index in [1.165, 1.54) is 22.9 Å². The molecular formula is C21H25F3N4O3. The van der Waals surface area contributed by atoms with Crippen LogP contribution in [0.3, 0.4) is 0 Å². The van der Waals surface area contributed by atoms with Crippen molar-refractivity contribution in [1.82, 2.24) is 19.6 Å². The molecule has 2 atom stereocenters. The molecule has 3 heterocycles. The standard InChI is InChI=1S/C21H25F3N4O3/c1-13-19(20(30)27-8-6-16(11-27)26-9-7-17(29)12-26)14(2)28(25-13)15-4-3-5-18(10-15)31-21(22,23)24/h3-5,10,16-17,29H,6-9,11-12H2,1-2H3/t16-,17-/m0/s1. The average Bonchev–Trinajstić information content (AvgIpc) is 3.39. The highest BCUT2D eigenvalue weighted by Gasteiger charge is 2.36. The number of nitrogens with zero attached hydrogens (tertiary/aromatic N) is 4. The van der Waals surface area contributed by atoms with Gasteiger partial charge in [-0.25, -0.2) is 4.68 Å². The molecule has 168 valence electrons. The zero-order chi connectivity index (χ0) is 22.3. The second kappa shape index (κ2) is 8.16. The Kier molecular flexibility index (Phi) is 5.69. The lowest BCUT2D eigenvalue weighted by atomic mass is 10.1. The molecule has 10 heteroatoms. The fourth-order valence-corrected chi connectivity index (χ4v) is 4.50. The molecule has 2 aliphatic heterocycles. The van der Waals surface area contributed by atoms with Crippen LogP contribution in [0.15, 0.2) is 24.3 Å². The molecule has 0 spiro atoms. The maximum atomic E-state index is 13.2. The Morgan fingerprint density at radius 1 is 1.19 bits per heavy atom. The van der Waals surface area contributed by atoms with Gasteiger partial charge in [0.25, 0.3) is 5.91 Å². The van der Waals surface area contributed by atoms with Gasteiger partial charge in [-0.15, -0.1) is 13.2 Å². The van der Waals surface area contributed by atoms with E-state index in [1.54, 1.807) is 24.8 Å². The van der Waals surface area contributed by atoms with E-state index in [0.717, 1.165) is 19.4 Å². The average molecular weight is 438 g/mol. The van der Waals surface area contributed by atoms with Crippen LogP contribution in [0, 0.1) is 13.8 Å². The van der Waals surface area contributed by atoms with Gasteiger partial charge < -0.3 is 14.7 Å². The quantitative estimate of drug-likeness (QED) is 0.795. The van der Waals surface area contributed by atoms with E-state index in [1.807, 2.05) is 0 Å². The first kappa shape index (κ1) is 21.6. The first-order chi connectivity index (χ1) is 14.6. The van der Waals surface area contributed by atoms with Gasteiger partial charge in [-0.3, -0.25) is 9.69 Å². The number of aromatic nitrogens is 2. The zero-order valence-electron chi connectivity index (χ0n) is 17.4. The topological polar surface area (TPSA) is 70.8 Å². The van der Waals surface area contributed by atoms with Gasteiger partial charge in [0.05, 0.1) is 28.7 Å². The monoisotopic (exact) mass is 438 g/mol. The minimum atomic E-state index is -4.79. The van der Waals surface area contributed by atoms with Crippen molar-refractivity contribution in [3.05, 3.63) is 41.2 Å². The van der Waals surface area contributed by atoms with E-state index in [-0.39, 0.29) is 23.8 Å². The van der Waals surface area contributed by atoms with Gasteiger partial charge in [-0.2, -0.15) is 5.10 Å². The van der Waals surface area contributed by atoms with Crippen molar-refractivity contribution >= 4 is 5.91 Å². The lowest BCUT2D eigenvalue weighted by Crippen LogP contribution is -2.38. The van der Waals surface area contributed by atoms with Crippen LogP contribution < -0.4 is 4.74 Å². The molecule has 2 aromatic rings. The summed E-state index contributed by atoms with van der Waals surface area (Å²) in [7, 11) is 0. The number of hydrogen-bond donors (Lipinski definition) is 1. The van der Waals surface area contributed by atoms with Crippen molar-refractivity contribution in [2.75, 3.05) is 26.2 Å². The number of alkyl halides is 3. The summed E-state index contributed by atoms with van der Waals surface area (Å²) in [6, 6.07) is 5.75. The lowest BCUT2D eigenvalue weighted by molar-refractivity contribution is -0.274. The van der Waals surface area contributed by atoms with Crippen LogP contribution in [0.2, 0.25) is 0 Å². The minimum absolute atomic E-state index is 0.133. The number of carbonyl (C=O) groups excluding carboxylic acids is 1. The molecule has 0 aliphatic carbocycles. The van der Waals surface area contributed by atoms with Crippen molar-refractivity contribution in [2.24, 2.45) is 0 Å². The molecule has 0 unspecified atom stereocenters. The number of hydrogen-bond acceptors (Lipinski definition) is 5. The molecule has 1 N–H and O–H groups in total. The summed E-state index contributed by atoms with van der Waals surface area (Å²) in [6.45, 7) is 6.13. The highest BCUT2D eigenvalue weighted by molar-refractivity contribution is 5.96. The van der Waals surface area contributed by atoms with Crippen LogP contribution in [0.1, 0.15) is 34.6 Å². The lowest BCUT2D eigenvalue weighted by Gasteiger charge is -2.23.